The van der Waals surface area contributed by atoms with Gasteiger partial charge < -0.3 is 9.13 Å². The van der Waals surface area contributed by atoms with Crippen LogP contribution in [-0.4, -0.2) is 9.13 Å². The van der Waals surface area contributed by atoms with Crippen LogP contribution >= 0.6 is 0 Å². The number of fused-ring (bicyclic) bond motifs is 6. The molecule has 2 aromatic heterocycles. The molecule has 15 heteroatoms. The third-order valence-corrected chi connectivity index (χ3v) is 10.8. The molecule has 0 N–H and O–H groups in total. The summed E-state index contributed by atoms with van der Waals surface area (Å²) in [7, 11) is 0. The molecule has 310 valence electrons. The van der Waals surface area contributed by atoms with Crippen LogP contribution in [0.1, 0.15) is 27.8 Å². The summed E-state index contributed by atoms with van der Waals surface area (Å²) >= 11 is 0. The Bertz CT molecular complexity index is 3290. The van der Waals surface area contributed by atoms with Crippen molar-refractivity contribution in [3.05, 3.63) is 167 Å². The number of nitriles is 1. The minimum atomic E-state index is -5.19. The number of rotatable bonds is 4. The smallest absolute Gasteiger partial charge is 0.309 e. The molecule has 0 spiro atoms. The monoisotopic (exact) mass is 857 g/mol. The first-order chi connectivity index (χ1) is 29.2. The van der Waals surface area contributed by atoms with Crippen molar-refractivity contribution >= 4 is 43.6 Å². The van der Waals surface area contributed by atoms with Gasteiger partial charge in [-0.1, -0.05) is 42.5 Å². The predicted octanol–water partition coefficient (Wildman–Crippen LogP) is 15.2. The van der Waals surface area contributed by atoms with E-state index in [0.29, 0.717) is 33.9 Å². The van der Waals surface area contributed by atoms with Gasteiger partial charge in [0.1, 0.15) is 0 Å². The van der Waals surface area contributed by atoms with Crippen molar-refractivity contribution in [2.24, 2.45) is 0 Å². The summed E-state index contributed by atoms with van der Waals surface area (Å²) in [4.78, 5) is 0. The lowest BCUT2D eigenvalue weighted by Crippen LogP contribution is -2.11. The summed E-state index contributed by atoms with van der Waals surface area (Å²) in [5.41, 5.74) is -3.57. The summed E-state index contributed by atoms with van der Waals surface area (Å²) in [6.45, 7) is 0. The van der Waals surface area contributed by atoms with Crippen LogP contribution in [0.4, 0.5) is 52.7 Å². The van der Waals surface area contributed by atoms with Gasteiger partial charge in [-0.3, -0.25) is 0 Å². The molecule has 0 saturated carbocycles. The second kappa shape index (κ2) is 13.9. The molecule has 3 nitrogen and oxygen atoms in total. The molecule has 0 unspecified atom stereocenters. The van der Waals surface area contributed by atoms with Crippen LogP contribution in [0, 0.1) is 11.3 Å². The SMILES string of the molecule is N#Cc1ccc(-n2c3ccccc3c3cc(C(F)(F)F)ccc32)c(-c2cc(-c3cc(C(F)(F)F)cc(C(F)(F)F)c3)ccc2-n2c3ccccc3c3cc(C(F)(F)F)ccc32)c1. The summed E-state index contributed by atoms with van der Waals surface area (Å²) in [5, 5.41) is 11.3. The van der Waals surface area contributed by atoms with Crippen molar-refractivity contribution in [1.82, 2.24) is 9.13 Å². The summed E-state index contributed by atoms with van der Waals surface area (Å²) in [6, 6.07) is 30.8. The lowest BCUT2D eigenvalue weighted by Gasteiger charge is -2.21. The molecule has 0 saturated heterocycles. The predicted molar refractivity (Wildman–Crippen MR) is 211 cm³/mol. The van der Waals surface area contributed by atoms with E-state index in [0.717, 1.165) is 24.3 Å². The Kier molecular flexibility index (Phi) is 9.02. The van der Waals surface area contributed by atoms with E-state index in [9.17, 15) is 57.9 Å². The maximum absolute atomic E-state index is 14.1. The number of alkyl halides is 12. The molecule has 9 rings (SSSR count). The molecule has 0 bridgehead atoms. The molecule has 0 fully saturated rings. The number of para-hydroxylation sites is 2. The molecule has 0 aliphatic carbocycles. The molecular formula is C47H23F12N3. The van der Waals surface area contributed by atoms with Gasteiger partial charge in [0.25, 0.3) is 0 Å². The summed E-state index contributed by atoms with van der Waals surface area (Å²) in [5.74, 6) is 0. The molecule has 62 heavy (non-hydrogen) atoms. The highest BCUT2D eigenvalue weighted by atomic mass is 19.4. The highest BCUT2D eigenvalue weighted by Crippen LogP contribution is 2.46. The van der Waals surface area contributed by atoms with E-state index in [1.54, 1.807) is 57.7 Å². The highest BCUT2D eigenvalue weighted by molar-refractivity contribution is 6.12. The third-order valence-electron chi connectivity index (χ3n) is 10.8. The first-order valence-corrected chi connectivity index (χ1v) is 18.4. The molecule has 7 aromatic carbocycles. The molecule has 9 aromatic rings. The number of hydrogen-bond acceptors (Lipinski definition) is 1. The van der Waals surface area contributed by atoms with Gasteiger partial charge in [-0.05, 0) is 108 Å². The Morgan fingerprint density at radius 2 is 0.774 bits per heavy atom. The summed E-state index contributed by atoms with van der Waals surface area (Å²) in [6.07, 6.45) is -19.8. The average molecular weight is 858 g/mol. The van der Waals surface area contributed by atoms with E-state index in [4.69, 9.17) is 0 Å². The molecule has 0 aliphatic heterocycles. The van der Waals surface area contributed by atoms with Crippen LogP contribution in [0.25, 0.3) is 77.2 Å². The minimum Gasteiger partial charge on any atom is -0.309 e. The van der Waals surface area contributed by atoms with Gasteiger partial charge in [0.05, 0.1) is 67.3 Å². The third kappa shape index (κ3) is 6.75. The summed E-state index contributed by atoms with van der Waals surface area (Å²) < 4.78 is 172. The van der Waals surface area contributed by atoms with E-state index in [1.807, 2.05) is 6.07 Å². The number of halogens is 12. The molecule has 0 atom stereocenters. The quantitative estimate of drug-likeness (QED) is 0.162. The maximum Gasteiger partial charge on any atom is 0.416 e. The Hall–Kier alpha value is -7.21. The van der Waals surface area contributed by atoms with Crippen LogP contribution in [0.5, 0.6) is 0 Å². The fourth-order valence-electron chi connectivity index (χ4n) is 8.08. The molecule has 2 heterocycles. The van der Waals surface area contributed by atoms with Gasteiger partial charge in [-0.2, -0.15) is 57.9 Å². The molecular weight excluding hydrogens is 835 g/mol. The number of aromatic nitrogens is 2. The Morgan fingerprint density at radius 1 is 0.355 bits per heavy atom. The lowest BCUT2D eigenvalue weighted by molar-refractivity contribution is -0.143. The fourth-order valence-corrected chi connectivity index (χ4v) is 8.08. The van der Waals surface area contributed by atoms with E-state index >= 15 is 0 Å². The van der Waals surface area contributed by atoms with Gasteiger partial charge in [-0.25, -0.2) is 0 Å². The van der Waals surface area contributed by atoms with Crippen LogP contribution in [0.3, 0.4) is 0 Å². The molecule has 0 radical (unpaired) electrons. The zero-order valence-electron chi connectivity index (χ0n) is 31.2. The van der Waals surface area contributed by atoms with Crippen molar-refractivity contribution in [3.63, 3.8) is 0 Å². The van der Waals surface area contributed by atoms with Crippen LogP contribution < -0.4 is 0 Å². The minimum absolute atomic E-state index is 0.00691. The Labute approximate surface area is 341 Å². The zero-order valence-corrected chi connectivity index (χ0v) is 31.2. The first-order valence-electron chi connectivity index (χ1n) is 18.4. The van der Waals surface area contributed by atoms with E-state index in [-0.39, 0.29) is 61.5 Å². The number of nitrogens with zero attached hydrogens (tertiary/aromatic N) is 3. The van der Waals surface area contributed by atoms with E-state index in [2.05, 4.69) is 0 Å². The van der Waals surface area contributed by atoms with Crippen molar-refractivity contribution in [1.29, 1.82) is 5.26 Å². The highest BCUT2D eigenvalue weighted by Gasteiger charge is 2.38. The second-order valence-electron chi connectivity index (χ2n) is 14.5. The van der Waals surface area contributed by atoms with E-state index < -0.39 is 52.5 Å². The first kappa shape index (κ1) is 40.2. The Morgan fingerprint density at radius 3 is 1.23 bits per heavy atom. The lowest BCUT2D eigenvalue weighted by atomic mass is 9.93. The largest absolute Gasteiger partial charge is 0.416 e. The Balaban J connectivity index is 1.42. The van der Waals surface area contributed by atoms with E-state index in [1.165, 1.54) is 48.5 Å². The van der Waals surface area contributed by atoms with Crippen molar-refractivity contribution in [2.75, 3.05) is 0 Å². The van der Waals surface area contributed by atoms with Crippen LogP contribution in [-0.2, 0) is 24.7 Å². The maximum atomic E-state index is 14.1. The van der Waals surface area contributed by atoms with Gasteiger partial charge in [0, 0.05) is 32.7 Å². The number of benzene rings is 7. The normalized spacial score (nSPS) is 12.8. The topological polar surface area (TPSA) is 33.6 Å². The zero-order chi connectivity index (χ0) is 44.1. The van der Waals surface area contributed by atoms with Gasteiger partial charge >= 0.3 is 24.7 Å². The van der Waals surface area contributed by atoms with Crippen molar-refractivity contribution < 1.29 is 52.7 Å². The fraction of sp³-hybridized carbons (Fsp3) is 0.0851. The second-order valence-corrected chi connectivity index (χ2v) is 14.5. The average Bonchev–Trinajstić information content (AvgIpc) is 3.74. The molecule has 0 aliphatic rings. The van der Waals surface area contributed by atoms with Gasteiger partial charge in [0.2, 0.25) is 0 Å². The standard InChI is InChI=1S/C47H23F12N3/c48-44(49,50)28-11-15-42-36(22-28)32-5-1-3-7-38(32)61(42)40-13-9-25(24-60)17-34(40)35-20-26(27-18-30(46(54,55)56)21-31(19-27)47(57,58)59)10-14-41(35)62-39-8-4-2-6-33(39)37-23-29(45(51,52)53)12-16-43(37)62/h1-23H. The van der Waals surface area contributed by atoms with Crippen LogP contribution in [0.2, 0.25) is 0 Å². The van der Waals surface area contributed by atoms with Crippen molar-refractivity contribution in [2.45, 2.75) is 24.7 Å². The van der Waals surface area contributed by atoms with Gasteiger partial charge in [0.15, 0.2) is 0 Å². The van der Waals surface area contributed by atoms with Crippen LogP contribution in [0.15, 0.2) is 140 Å². The van der Waals surface area contributed by atoms with Gasteiger partial charge in [-0.15, -0.1) is 0 Å². The number of hydrogen-bond donors (Lipinski definition) is 0. The van der Waals surface area contributed by atoms with Crippen molar-refractivity contribution in [3.8, 4) is 39.7 Å². The molecule has 0 amide bonds.